The molecule has 4 aromatic carbocycles. The number of halogens is 2. The van der Waals surface area contributed by atoms with Gasteiger partial charge in [0, 0.05) is 29.3 Å². The van der Waals surface area contributed by atoms with Gasteiger partial charge in [0.1, 0.15) is 23.1 Å². The van der Waals surface area contributed by atoms with Crippen molar-refractivity contribution in [3.8, 4) is 45.9 Å². The van der Waals surface area contributed by atoms with Gasteiger partial charge in [0.2, 0.25) is 0 Å². The first kappa shape index (κ1) is 26.5. The Hall–Kier alpha value is -5.60. The van der Waals surface area contributed by atoms with Gasteiger partial charge in [0.05, 0.1) is 29.7 Å². The lowest BCUT2D eigenvalue weighted by Gasteiger charge is -2.07. The summed E-state index contributed by atoms with van der Waals surface area (Å²) in [5.74, 6) is -2.83. The summed E-state index contributed by atoms with van der Waals surface area (Å²) in [6.07, 6.45) is 1.93. The Balaban J connectivity index is 1.30. The number of nitriles is 2. The number of hydrogen-bond donors (Lipinski definition) is 0. The van der Waals surface area contributed by atoms with Crippen LogP contribution in [0.25, 0.3) is 22.3 Å². The van der Waals surface area contributed by atoms with E-state index in [4.69, 9.17) is 20.0 Å². The molecule has 0 fully saturated rings. The van der Waals surface area contributed by atoms with Crippen molar-refractivity contribution >= 4 is 11.9 Å². The first-order valence-electron chi connectivity index (χ1n) is 11.6. The molecule has 0 bridgehead atoms. The van der Waals surface area contributed by atoms with Crippen molar-refractivity contribution in [1.82, 2.24) is 0 Å². The monoisotopic (exact) mass is 520 g/mol. The molecule has 39 heavy (non-hydrogen) atoms. The van der Waals surface area contributed by atoms with Crippen molar-refractivity contribution in [1.29, 1.82) is 10.5 Å². The van der Waals surface area contributed by atoms with Gasteiger partial charge in [-0.25, -0.2) is 13.6 Å². The minimum Gasteiger partial charge on any atom is -0.426 e. The van der Waals surface area contributed by atoms with E-state index < -0.39 is 23.6 Å². The van der Waals surface area contributed by atoms with E-state index in [0.29, 0.717) is 22.3 Å². The number of nitrogens with zero attached hydrogens (tertiary/aromatic N) is 2. The maximum Gasteiger partial charge on any atom is 0.335 e. The van der Waals surface area contributed by atoms with Crippen molar-refractivity contribution in [2.45, 2.75) is 6.42 Å². The number of ether oxygens (including phenoxy) is 2. The Morgan fingerprint density at radius 2 is 1.15 bits per heavy atom. The van der Waals surface area contributed by atoms with Crippen molar-refractivity contribution in [3.05, 3.63) is 120 Å². The van der Waals surface area contributed by atoms with Crippen LogP contribution in [0.4, 0.5) is 8.78 Å². The molecule has 0 aromatic heterocycles. The Morgan fingerprint density at radius 3 is 1.59 bits per heavy atom. The third kappa shape index (κ3) is 6.79. The van der Waals surface area contributed by atoms with Gasteiger partial charge in [-0.2, -0.15) is 10.5 Å². The van der Waals surface area contributed by atoms with Gasteiger partial charge in [-0.15, -0.1) is 0 Å². The number of hydrogen-bond acceptors (Lipinski definition) is 6. The maximum absolute atomic E-state index is 14.5. The zero-order chi connectivity index (χ0) is 27.8. The molecule has 0 heterocycles. The molecule has 0 aliphatic rings. The highest BCUT2D eigenvalue weighted by molar-refractivity contribution is 5.85. The average molecular weight is 520 g/mol. The summed E-state index contributed by atoms with van der Waals surface area (Å²) >= 11 is 0. The topological polar surface area (TPSA) is 100 Å². The van der Waals surface area contributed by atoms with Gasteiger partial charge in [-0.05, 0) is 59.7 Å². The minimum atomic E-state index is -0.828. The summed E-state index contributed by atoms with van der Waals surface area (Å²) in [6.45, 7) is 0. The van der Waals surface area contributed by atoms with Gasteiger partial charge in [0.15, 0.2) is 0 Å². The van der Waals surface area contributed by atoms with Crippen LogP contribution in [0.15, 0.2) is 97.1 Å². The molecule has 0 saturated heterocycles. The summed E-state index contributed by atoms with van der Waals surface area (Å²) in [7, 11) is 0. The Labute approximate surface area is 222 Å². The molecule has 0 N–H and O–H groups in total. The van der Waals surface area contributed by atoms with Crippen LogP contribution >= 0.6 is 0 Å². The average Bonchev–Trinajstić information content (AvgIpc) is 2.93. The molecule has 0 atom stereocenters. The largest absolute Gasteiger partial charge is 0.426 e. The summed E-state index contributed by atoms with van der Waals surface area (Å²) in [5.41, 5.74) is 2.58. The van der Waals surface area contributed by atoms with Crippen LogP contribution in [0.2, 0.25) is 0 Å². The van der Waals surface area contributed by atoms with E-state index >= 15 is 0 Å². The molecule has 0 aliphatic heterocycles. The van der Waals surface area contributed by atoms with Gasteiger partial charge in [-0.3, -0.25) is 4.79 Å². The molecule has 0 aliphatic carbocycles. The molecule has 6 nitrogen and oxygen atoms in total. The van der Waals surface area contributed by atoms with E-state index in [1.807, 2.05) is 12.1 Å². The van der Waals surface area contributed by atoms with Crippen LogP contribution < -0.4 is 9.47 Å². The predicted molar refractivity (Wildman–Crippen MR) is 138 cm³/mol. The maximum atomic E-state index is 14.5. The van der Waals surface area contributed by atoms with Crippen LogP contribution in [0, 0.1) is 34.3 Å². The molecule has 190 valence electrons. The lowest BCUT2D eigenvalue weighted by molar-refractivity contribution is -0.133. The van der Waals surface area contributed by atoms with E-state index in [1.54, 1.807) is 48.5 Å². The number of carbonyl (C=O) groups is 2. The summed E-state index contributed by atoms with van der Waals surface area (Å²) in [5, 5.41) is 17.8. The quantitative estimate of drug-likeness (QED) is 0.157. The zero-order valence-electron chi connectivity index (χ0n) is 20.2. The molecular weight excluding hydrogens is 502 g/mol. The SMILES string of the molecule is N#Cc1ccc(-c2ccc(OC(=O)/C=C/CC(=O)Oc3ccc(-c4ccc(C#N)cc4)c(F)c3)cc2F)cc1. The number of benzene rings is 4. The van der Waals surface area contributed by atoms with Gasteiger partial charge < -0.3 is 9.47 Å². The first-order chi connectivity index (χ1) is 18.9. The number of rotatable bonds is 7. The molecule has 0 unspecified atom stereocenters. The van der Waals surface area contributed by atoms with E-state index in [9.17, 15) is 18.4 Å². The molecule has 0 saturated carbocycles. The molecule has 0 radical (unpaired) electrons. The van der Waals surface area contributed by atoms with Crippen molar-refractivity contribution in [2.75, 3.05) is 0 Å². The summed E-state index contributed by atoms with van der Waals surface area (Å²) in [4.78, 5) is 24.2. The predicted octanol–water partition coefficient (Wildman–Crippen LogP) is 6.50. The fraction of sp³-hybridized carbons (Fsp3) is 0.0323. The highest BCUT2D eigenvalue weighted by atomic mass is 19.1. The number of esters is 2. The van der Waals surface area contributed by atoms with Crippen LogP contribution in [0.1, 0.15) is 17.5 Å². The Kier molecular flexibility index (Phi) is 8.20. The van der Waals surface area contributed by atoms with E-state index in [1.165, 1.54) is 30.3 Å². The smallest absolute Gasteiger partial charge is 0.335 e. The molecule has 0 spiro atoms. The van der Waals surface area contributed by atoms with Crippen molar-refractivity contribution in [2.24, 2.45) is 0 Å². The van der Waals surface area contributed by atoms with E-state index in [0.717, 1.165) is 18.2 Å². The molecular formula is C31H18F2N2O4. The lowest BCUT2D eigenvalue weighted by atomic mass is 10.0. The highest BCUT2D eigenvalue weighted by Crippen LogP contribution is 2.28. The van der Waals surface area contributed by atoms with E-state index in [2.05, 4.69) is 0 Å². The molecule has 4 aromatic rings. The lowest BCUT2D eigenvalue weighted by Crippen LogP contribution is -2.08. The number of carbonyl (C=O) groups excluding carboxylic acids is 2. The van der Waals surface area contributed by atoms with Crippen LogP contribution in [0.3, 0.4) is 0 Å². The highest BCUT2D eigenvalue weighted by Gasteiger charge is 2.11. The second-order valence-corrected chi connectivity index (χ2v) is 8.16. The standard InChI is InChI=1S/C31H18F2N2O4/c32-28-16-24(12-14-26(28)22-8-4-20(18-34)5-9-22)38-30(36)2-1-3-31(37)39-25-13-15-27(29(33)17-25)23-10-6-21(19-35)7-11-23/h1-2,4-17H,3H2/b2-1+. The van der Waals surface area contributed by atoms with Crippen molar-refractivity contribution < 1.29 is 27.8 Å². The fourth-order valence-corrected chi connectivity index (χ4v) is 3.61. The Morgan fingerprint density at radius 1 is 0.692 bits per heavy atom. The normalized spacial score (nSPS) is 10.5. The molecule has 8 heteroatoms. The first-order valence-corrected chi connectivity index (χ1v) is 11.6. The molecule has 0 amide bonds. The summed E-state index contributed by atoms with van der Waals surface area (Å²) in [6, 6.07) is 24.6. The summed E-state index contributed by atoms with van der Waals surface area (Å²) < 4.78 is 39.3. The Bertz CT molecular complexity index is 1650. The van der Waals surface area contributed by atoms with Crippen molar-refractivity contribution in [3.63, 3.8) is 0 Å². The van der Waals surface area contributed by atoms with E-state index in [-0.39, 0.29) is 29.0 Å². The van der Waals surface area contributed by atoms with Crippen LogP contribution in [-0.4, -0.2) is 11.9 Å². The third-order valence-corrected chi connectivity index (χ3v) is 5.52. The second kappa shape index (κ2) is 12.1. The van der Waals surface area contributed by atoms with Gasteiger partial charge in [-0.1, -0.05) is 30.3 Å². The molecule has 4 rings (SSSR count). The zero-order valence-corrected chi connectivity index (χ0v) is 20.2. The second-order valence-electron chi connectivity index (χ2n) is 8.16. The van der Waals surface area contributed by atoms with Gasteiger partial charge >= 0.3 is 11.9 Å². The van der Waals surface area contributed by atoms with Crippen LogP contribution in [0.5, 0.6) is 11.5 Å². The van der Waals surface area contributed by atoms with Gasteiger partial charge in [0.25, 0.3) is 0 Å². The third-order valence-electron chi connectivity index (χ3n) is 5.52. The fourth-order valence-electron chi connectivity index (χ4n) is 3.61. The minimum absolute atomic E-state index is 0.0105. The van der Waals surface area contributed by atoms with Crippen LogP contribution in [-0.2, 0) is 9.59 Å².